The van der Waals surface area contributed by atoms with Gasteiger partial charge in [-0.15, -0.1) is 0 Å². The summed E-state index contributed by atoms with van der Waals surface area (Å²) >= 11 is 2.28. The van der Waals surface area contributed by atoms with E-state index in [0.29, 0.717) is 0 Å². The summed E-state index contributed by atoms with van der Waals surface area (Å²) in [5.41, 5.74) is 0. The van der Waals surface area contributed by atoms with Crippen LogP contribution in [0.3, 0.4) is 0 Å². The molecular formula is C9H12INO. The van der Waals surface area contributed by atoms with Gasteiger partial charge in [-0.05, 0) is 47.9 Å². The van der Waals surface area contributed by atoms with E-state index in [1.54, 1.807) is 0 Å². The lowest BCUT2D eigenvalue weighted by atomic mass is 10.0. The van der Waals surface area contributed by atoms with Crippen molar-refractivity contribution in [2.75, 3.05) is 0 Å². The Bertz CT molecular complexity index is 223. The van der Waals surface area contributed by atoms with Crippen molar-refractivity contribution in [1.29, 1.82) is 0 Å². The lowest BCUT2D eigenvalue weighted by Gasteiger charge is -2.20. The number of carbonyl (C=O) groups excluding carboxylic acids is 1. The average Bonchev–Trinajstić information content (AvgIpc) is 2.09. The maximum Gasteiger partial charge on any atom is 0.243 e. The summed E-state index contributed by atoms with van der Waals surface area (Å²) in [5.74, 6) is -0.0792. The average molecular weight is 277 g/mol. The second kappa shape index (κ2) is 4.64. The summed E-state index contributed by atoms with van der Waals surface area (Å²) in [6, 6.07) is 0.227. The molecule has 1 atom stereocenters. The number of carbonyl (C=O) groups is 1. The van der Waals surface area contributed by atoms with Crippen molar-refractivity contribution in [3.8, 4) is 0 Å². The predicted octanol–water partition coefficient (Wildman–Crippen LogP) is 2.16. The lowest BCUT2D eigenvalue weighted by molar-refractivity contribution is -0.116. The molecule has 0 aliphatic heterocycles. The molecule has 66 valence electrons. The Morgan fingerprint density at radius 3 is 3.17 bits per heavy atom. The van der Waals surface area contributed by atoms with Crippen LogP contribution in [0.25, 0.3) is 0 Å². The summed E-state index contributed by atoms with van der Waals surface area (Å²) in [5, 5.41) is 2.89. The molecule has 0 spiro atoms. The smallest absolute Gasteiger partial charge is 0.243 e. The Labute approximate surface area is 86.2 Å². The van der Waals surface area contributed by atoms with E-state index >= 15 is 0 Å². The SMILES string of the molecule is C=CC(=O)NC1CCCC=C1I. The topological polar surface area (TPSA) is 29.1 Å². The molecule has 12 heavy (non-hydrogen) atoms. The highest BCUT2D eigenvalue weighted by Crippen LogP contribution is 2.23. The van der Waals surface area contributed by atoms with Crippen molar-refractivity contribution in [2.45, 2.75) is 25.3 Å². The van der Waals surface area contributed by atoms with Gasteiger partial charge in [0.2, 0.25) is 5.91 Å². The van der Waals surface area contributed by atoms with Crippen LogP contribution < -0.4 is 5.32 Å². The van der Waals surface area contributed by atoms with Gasteiger partial charge >= 0.3 is 0 Å². The van der Waals surface area contributed by atoms with E-state index in [0.717, 1.165) is 19.3 Å². The van der Waals surface area contributed by atoms with Crippen molar-refractivity contribution in [1.82, 2.24) is 5.32 Å². The van der Waals surface area contributed by atoms with Crippen LogP contribution in [0.4, 0.5) is 0 Å². The Balaban J connectivity index is 2.51. The van der Waals surface area contributed by atoms with E-state index in [4.69, 9.17) is 0 Å². The monoisotopic (exact) mass is 277 g/mol. The highest BCUT2D eigenvalue weighted by molar-refractivity contribution is 14.1. The molecule has 0 radical (unpaired) electrons. The van der Waals surface area contributed by atoms with Gasteiger partial charge in [0.15, 0.2) is 0 Å². The molecule has 1 aliphatic rings. The van der Waals surface area contributed by atoms with Crippen LogP contribution in [-0.2, 0) is 4.79 Å². The van der Waals surface area contributed by atoms with Crippen molar-refractivity contribution < 1.29 is 4.79 Å². The van der Waals surface area contributed by atoms with Crippen LogP contribution >= 0.6 is 22.6 Å². The number of rotatable bonds is 2. The Morgan fingerprint density at radius 2 is 2.58 bits per heavy atom. The second-order valence-corrected chi connectivity index (χ2v) is 4.03. The van der Waals surface area contributed by atoms with Gasteiger partial charge in [0.1, 0.15) is 0 Å². The first-order chi connectivity index (χ1) is 5.74. The second-order valence-electron chi connectivity index (χ2n) is 2.79. The molecule has 0 saturated heterocycles. The van der Waals surface area contributed by atoms with E-state index in [-0.39, 0.29) is 11.9 Å². The van der Waals surface area contributed by atoms with Gasteiger partial charge < -0.3 is 5.32 Å². The zero-order chi connectivity index (χ0) is 8.97. The normalized spacial score (nSPS) is 22.8. The molecule has 0 aromatic carbocycles. The first-order valence-electron chi connectivity index (χ1n) is 4.02. The van der Waals surface area contributed by atoms with Crippen molar-refractivity contribution in [3.05, 3.63) is 22.3 Å². The predicted molar refractivity (Wildman–Crippen MR) is 58.1 cm³/mol. The van der Waals surface area contributed by atoms with Gasteiger partial charge in [-0.1, -0.05) is 12.7 Å². The Hall–Kier alpha value is -0.320. The van der Waals surface area contributed by atoms with Crippen LogP contribution in [0.1, 0.15) is 19.3 Å². The summed E-state index contributed by atoms with van der Waals surface area (Å²) < 4.78 is 1.24. The minimum absolute atomic E-state index is 0.0792. The summed E-state index contributed by atoms with van der Waals surface area (Å²) in [6.07, 6.45) is 6.85. The first-order valence-corrected chi connectivity index (χ1v) is 5.10. The number of allylic oxidation sites excluding steroid dienone is 1. The van der Waals surface area contributed by atoms with Crippen LogP contribution in [0, 0.1) is 0 Å². The van der Waals surface area contributed by atoms with E-state index in [2.05, 4.69) is 40.6 Å². The van der Waals surface area contributed by atoms with Crippen molar-refractivity contribution >= 4 is 28.5 Å². The fourth-order valence-corrected chi connectivity index (χ4v) is 1.99. The molecule has 1 N–H and O–H groups in total. The van der Waals surface area contributed by atoms with Gasteiger partial charge in [-0.2, -0.15) is 0 Å². The molecule has 0 bridgehead atoms. The maximum atomic E-state index is 11.0. The van der Waals surface area contributed by atoms with Crippen molar-refractivity contribution in [3.63, 3.8) is 0 Å². The number of amides is 1. The van der Waals surface area contributed by atoms with Crippen molar-refractivity contribution in [2.24, 2.45) is 0 Å². The van der Waals surface area contributed by atoms with E-state index in [9.17, 15) is 4.79 Å². The molecule has 0 aromatic heterocycles. The minimum Gasteiger partial charge on any atom is -0.345 e. The number of hydrogen-bond acceptors (Lipinski definition) is 1. The molecular weight excluding hydrogens is 265 g/mol. The molecule has 1 aliphatic carbocycles. The highest BCUT2D eigenvalue weighted by atomic mass is 127. The third-order valence-corrected chi connectivity index (χ3v) is 3.06. The quantitative estimate of drug-likeness (QED) is 0.608. The Kier molecular flexibility index (Phi) is 3.78. The zero-order valence-corrected chi connectivity index (χ0v) is 9.00. The molecule has 3 heteroatoms. The van der Waals surface area contributed by atoms with E-state index in [1.165, 1.54) is 9.66 Å². The Morgan fingerprint density at radius 1 is 1.83 bits per heavy atom. The van der Waals surface area contributed by atoms with Gasteiger partial charge in [0.25, 0.3) is 0 Å². The maximum absolute atomic E-state index is 11.0. The van der Waals surface area contributed by atoms with Crippen LogP contribution in [0.5, 0.6) is 0 Å². The number of nitrogens with one attached hydrogen (secondary N) is 1. The lowest BCUT2D eigenvalue weighted by Crippen LogP contribution is -2.34. The summed E-state index contributed by atoms with van der Waals surface area (Å²) in [6.45, 7) is 3.42. The molecule has 1 unspecified atom stereocenters. The first kappa shape index (κ1) is 9.77. The molecule has 0 aromatic rings. The fraction of sp³-hybridized carbons (Fsp3) is 0.444. The standard InChI is InChI=1S/C9H12INO/c1-2-9(12)11-8-6-4-3-5-7(8)10/h2,5,8H,1,3-4,6H2,(H,11,12). The van der Waals surface area contributed by atoms with Gasteiger partial charge in [0, 0.05) is 3.58 Å². The molecule has 1 rings (SSSR count). The number of hydrogen-bond donors (Lipinski definition) is 1. The zero-order valence-electron chi connectivity index (χ0n) is 6.85. The minimum atomic E-state index is -0.0792. The molecule has 0 fully saturated rings. The molecule has 0 saturated carbocycles. The molecule has 2 nitrogen and oxygen atoms in total. The van der Waals surface area contributed by atoms with E-state index < -0.39 is 0 Å². The van der Waals surface area contributed by atoms with Crippen LogP contribution in [0.15, 0.2) is 22.3 Å². The van der Waals surface area contributed by atoms with Gasteiger partial charge in [-0.25, -0.2) is 0 Å². The summed E-state index contributed by atoms with van der Waals surface area (Å²) in [7, 11) is 0. The highest BCUT2D eigenvalue weighted by Gasteiger charge is 2.15. The molecule has 0 heterocycles. The van der Waals surface area contributed by atoms with E-state index in [1.807, 2.05) is 0 Å². The van der Waals surface area contributed by atoms with Gasteiger partial charge in [-0.3, -0.25) is 4.79 Å². The van der Waals surface area contributed by atoms with Crippen LogP contribution in [-0.4, -0.2) is 11.9 Å². The summed E-state index contributed by atoms with van der Waals surface area (Å²) in [4.78, 5) is 11.0. The fourth-order valence-electron chi connectivity index (χ4n) is 1.21. The largest absolute Gasteiger partial charge is 0.345 e. The van der Waals surface area contributed by atoms with Crippen LogP contribution in [0.2, 0.25) is 0 Å². The van der Waals surface area contributed by atoms with Gasteiger partial charge in [0.05, 0.1) is 6.04 Å². The third kappa shape index (κ3) is 2.62. The molecule has 1 amide bonds. The number of halogens is 1. The third-order valence-electron chi connectivity index (χ3n) is 1.87.